The van der Waals surface area contributed by atoms with Gasteiger partial charge in [-0.05, 0) is 52.9 Å². The highest BCUT2D eigenvalue weighted by Gasteiger charge is 2.40. The van der Waals surface area contributed by atoms with Crippen LogP contribution in [0, 0.1) is 9.49 Å². The van der Waals surface area contributed by atoms with Gasteiger partial charge in [0.25, 0.3) is 5.91 Å². The molecule has 2 aromatic rings. The molecule has 1 fully saturated rings. The molecule has 0 aliphatic carbocycles. The number of methoxy groups -OCH3 is 1. The maximum absolute atomic E-state index is 12.6. The number of urea groups is 1. The van der Waals surface area contributed by atoms with Crippen molar-refractivity contribution in [3.8, 4) is 5.88 Å². The predicted molar refractivity (Wildman–Crippen MR) is 100 cm³/mol. The van der Waals surface area contributed by atoms with E-state index in [2.05, 4.69) is 43.1 Å². The van der Waals surface area contributed by atoms with Crippen LogP contribution in [0.5, 0.6) is 5.88 Å². The topological polar surface area (TPSA) is 114 Å². The number of hydrogen-bond acceptors (Lipinski definition) is 7. The molecule has 1 atom stereocenters. The molecular weight excluding hydrogens is 453 g/mol. The molecule has 3 rings (SSSR count). The second kappa shape index (κ2) is 7.56. The summed E-state index contributed by atoms with van der Waals surface area (Å²) in [5.41, 5.74) is 0.364. The summed E-state index contributed by atoms with van der Waals surface area (Å²) < 4.78 is 5.84. The highest BCUT2D eigenvalue weighted by Crippen LogP contribution is 2.21. The number of amides is 4. The normalized spacial score (nSPS) is 17.5. The maximum atomic E-state index is 12.6. The summed E-state index contributed by atoms with van der Waals surface area (Å²) in [5, 5.41) is 9.69. The first kappa shape index (κ1) is 17.9. The minimum atomic E-state index is -1.25. The number of ether oxygens (including phenoxy) is 1. The van der Waals surface area contributed by atoms with Crippen LogP contribution in [0.1, 0.15) is 0 Å². The smallest absolute Gasteiger partial charge is 0.335 e. The molecule has 4 amide bonds. The molecule has 2 heterocycles. The van der Waals surface area contributed by atoms with Crippen molar-refractivity contribution < 1.29 is 19.1 Å². The average Bonchev–Trinajstić information content (AvgIpc) is 2.63. The number of aliphatic imine (C=N–C) groups is 1. The van der Waals surface area contributed by atoms with Crippen molar-refractivity contribution in [1.29, 1.82) is 0 Å². The van der Waals surface area contributed by atoms with Crippen LogP contribution in [-0.2, 0) is 9.59 Å². The van der Waals surface area contributed by atoms with Crippen LogP contribution in [0.2, 0.25) is 0 Å². The quantitative estimate of drug-likeness (QED) is 0.418. The van der Waals surface area contributed by atoms with Crippen molar-refractivity contribution in [3.63, 3.8) is 0 Å². The van der Waals surface area contributed by atoms with E-state index in [-0.39, 0.29) is 5.82 Å². The Balaban J connectivity index is 1.84. The number of anilines is 1. The van der Waals surface area contributed by atoms with Crippen LogP contribution in [0.3, 0.4) is 0 Å². The zero-order valence-electron chi connectivity index (χ0n) is 13.4. The fourth-order valence-corrected chi connectivity index (χ4v) is 2.56. The minimum absolute atomic E-state index is 0.198. The van der Waals surface area contributed by atoms with Gasteiger partial charge in [0.2, 0.25) is 11.8 Å². The molecule has 9 nitrogen and oxygen atoms in total. The van der Waals surface area contributed by atoms with E-state index in [0.29, 0.717) is 11.6 Å². The van der Waals surface area contributed by atoms with Crippen LogP contribution in [-0.4, -0.2) is 41.4 Å². The molecule has 1 saturated heterocycles. The van der Waals surface area contributed by atoms with Gasteiger partial charge in [-0.2, -0.15) is 0 Å². The van der Waals surface area contributed by atoms with Gasteiger partial charge in [-0.25, -0.2) is 14.7 Å². The Hall–Kier alpha value is -2.89. The van der Waals surface area contributed by atoms with Gasteiger partial charge in [-0.3, -0.25) is 14.9 Å². The van der Waals surface area contributed by atoms with E-state index in [1.54, 1.807) is 30.3 Å². The summed E-state index contributed by atoms with van der Waals surface area (Å²) in [6.07, 6.45) is 1.14. The third-order valence-corrected chi connectivity index (χ3v) is 4.20. The Bertz CT molecular complexity index is 883. The standard InChI is InChI=1S/C16H12IN5O4/c1-26-13-7-6-12(20-21-13)18-8-11-14(23)19-16(25)22(15(11)24)10-4-2-9(17)3-5-10/h2-8,11H,1H3,(H,19,23,25)/t11-/m0/s1. The van der Waals surface area contributed by atoms with Crippen molar-refractivity contribution in [2.75, 3.05) is 12.0 Å². The summed E-state index contributed by atoms with van der Waals surface area (Å²) in [4.78, 5) is 41.7. The van der Waals surface area contributed by atoms with Gasteiger partial charge in [0, 0.05) is 15.9 Å². The monoisotopic (exact) mass is 465 g/mol. The lowest BCUT2D eigenvalue weighted by molar-refractivity contribution is -0.131. The number of benzene rings is 1. The lowest BCUT2D eigenvalue weighted by atomic mass is 10.1. The predicted octanol–water partition coefficient (Wildman–Crippen LogP) is 1.69. The van der Waals surface area contributed by atoms with Gasteiger partial charge in [-0.15, -0.1) is 10.2 Å². The van der Waals surface area contributed by atoms with Gasteiger partial charge < -0.3 is 4.74 Å². The molecule has 0 saturated carbocycles. The van der Waals surface area contributed by atoms with Crippen molar-refractivity contribution in [2.45, 2.75) is 0 Å². The molecule has 1 aliphatic rings. The number of hydrogen-bond donors (Lipinski definition) is 1. The Kier molecular flexibility index (Phi) is 5.21. The molecule has 132 valence electrons. The molecule has 1 N–H and O–H groups in total. The molecule has 0 bridgehead atoms. The summed E-state index contributed by atoms with van der Waals surface area (Å²) in [6.45, 7) is 0. The van der Waals surface area contributed by atoms with E-state index in [0.717, 1.165) is 14.7 Å². The van der Waals surface area contributed by atoms with E-state index in [9.17, 15) is 14.4 Å². The number of aromatic nitrogens is 2. The van der Waals surface area contributed by atoms with Crippen LogP contribution >= 0.6 is 22.6 Å². The second-order valence-corrected chi connectivity index (χ2v) is 6.38. The first-order valence-electron chi connectivity index (χ1n) is 7.36. The highest BCUT2D eigenvalue weighted by molar-refractivity contribution is 14.1. The maximum Gasteiger partial charge on any atom is 0.335 e. The van der Waals surface area contributed by atoms with E-state index >= 15 is 0 Å². The molecule has 1 aromatic carbocycles. The Labute approximate surface area is 161 Å². The third kappa shape index (κ3) is 3.69. The lowest BCUT2D eigenvalue weighted by Crippen LogP contribution is -2.58. The summed E-state index contributed by atoms with van der Waals surface area (Å²) in [6, 6.07) is 9.02. The number of halogens is 1. The molecule has 1 aliphatic heterocycles. The molecule has 1 aromatic heterocycles. The van der Waals surface area contributed by atoms with Crippen LogP contribution in [0.25, 0.3) is 0 Å². The van der Waals surface area contributed by atoms with Crippen molar-refractivity contribution >= 4 is 58.2 Å². The van der Waals surface area contributed by atoms with Gasteiger partial charge in [-0.1, -0.05) is 0 Å². The zero-order chi connectivity index (χ0) is 18.7. The lowest BCUT2D eigenvalue weighted by Gasteiger charge is -2.28. The SMILES string of the molecule is COc1ccc(N=C[C@H]2C(=O)NC(=O)N(c3ccc(I)cc3)C2=O)nn1. The summed E-state index contributed by atoms with van der Waals surface area (Å²) in [5.74, 6) is -2.18. The van der Waals surface area contributed by atoms with E-state index in [1.165, 1.54) is 13.2 Å². The molecule has 0 unspecified atom stereocenters. The first-order valence-corrected chi connectivity index (χ1v) is 8.44. The van der Waals surface area contributed by atoms with Crippen LogP contribution < -0.4 is 15.0 Å². The summed E-state index contributed by atoms with van der Waals surface area (Å²) in [7, 11) is 1.45. The number of carbonyl (C=O) groups excluding carboxylic acids is 3. The van der Waals surface area contributed by atoms with E-state index < -0.39 is 23.8 Å². The first-order chi connectivity index (χ1) is 12.5. The van der Waals surface area contributed by atoms with Crippen molar-refractivity contribution in [2.24, 2.45) is 10.9 Å². The molecular formula is C16H12IN5O4. The number of nitrogens with zero attached hydrogens (tertiary/aromatic N) is 4. The van der Waals surface area contributed by atoms with Gasteiger partial charge in [0.1, 0.15) is 0 Å². The highest BCUT2D eigenvalue weighted by atomic mass is 127. The Morgan fingerprint density at radius 3 is 2.50 bits per heavy atom. The van der Waals surface area contributed by atoms with Crippen molar-refractivity contribution in [1.82, 2.24) is 15.5 Å². The fourth-order valence-electron chi connectivity index (χ4n) is 2.20. The van der Waals surface area contributed by atoms with E-state index in [1.807, 2.05) is 0 Å². The van der Waals surface area contributed by atoms with Crippen LogP contribution in [0.4, 0.5) is 16.3 Å². The largest absolute Gasteiger partial charge is 0.480 e. The number of carbonyl (C=O) groups is 3. The molecule has 0 spiro atoms. The fraction of sp³-hybridized carbons (Fsp3) is 0.125. The number of rotatable bonds is 4. The molecule has 0 radical (unpaired) electrons. The van der Waals surface area contributed by atoms with Gasteiger partial charge in [0.15, 0.2) is 11.7 Å². The third-order valence-electron chi connectivity index (χ3n) is 3.48. The van der Waals surface area contributed by atoms with Gasteiger partial charge in [0.05, 0.1) is 12.8 Å². The van der Waals surface area contributed by atoms with Gasteiger partial charge >= 0.3 is 6.03 Å². The molecule has 26 heavy (non-hydrogen) atoms. The Morgan fingerprint density at radius 1 is 1.15 bits per heavy atom. The second-order valence-electron chi connectivity index (χ2n) is 5.13. The zero-order valence-corrected chi connectivity index (χ0v) is 15.6. The number of imide groups is 2. The minimum Gasteiger partial charge on any atom is -0.480 e. The number of nitrogens with one attached hydrogen (secondary N) is 1. The average molecular weight is 465 g/mol. The van der Waals surface area contributed by atoms with Crippen LogP contribution in [0.15, 0.2) is 41.4 Å². The van der Waals surface area contributed by atoms with E-state index in [4.69, 9.17) is 4.74 Å². The summed E-state index contributed by atoms with van der Waals surface area (Å²) >= 11 is 2.11. The number of barbiturate groups is 1. The Morgan fingerprint density at radius 2 is 1.88 bits per heavy atom. The van der Waals surface area contributed by atoms with Crippen molar-refractivity contribution in [3.05, 3.63) is 40.0 Å². The molecule has 10 heteroatoms.